The summed E-state index contributed by atoms with van der Waals surface area (Å²) in [6.45, 7) is 6.60. The lowest BCUT2D eigenvalue weighted by molar-refractivity contribution is 0.0293. The number of aromatic carboxylic acids is 1. The molecule has 0 aliphatic heterocycles. The molecule has 1 aromatic heterocycles. The fourth-order valence-electron chi connectivity index (χ4n) is 2.12. The summed E-state index contributed by atoms with van der Waals surface area (Å²) in [5.41, 5.74) is 1.34. The summed E-state index contributed by atoms with van der Waals surface area (Å²) in [4.78, 5) is 16.3. The molecule has 0 aliphatic rings. The van der Waals surface area contributed by atoms with Gasteiger partial charge in [-0.25, -0.2) is 9.78 Å². The lowest BCUT2D eigenvalue weighted by atomic mass is 10.1. The number of aromatic nitrogens is 1. The van der Waals surface area contributed by atoms with Crippen LogP contribution in [-0.2, 0) is 4.74 Å². The summed E-state index contributed by atoms with van der Waals surface area (Å²) >= 11 is 1.20. The average Bonchev–Trinajstić information content (AvgIpc) is 2.90. The molecule has 1 atom stereocenters. The first-order chi connectivity index (χ1) is 10.0. The van der Waals surface area contributed by atoms with Gasteiger partial charge in [0.1, 0.15) is 16.0 Å². The molecular weight excluding hydrogens is 286 g/mol. The number of hydrogen-bond acceptors (Lipinski definition) is 4. The second-order valence-corrected chi connectivity index (χ2v) is 6.05. The molecule has 0 spiro atoms. The lowest BCUT2D eigenvalue weighted by Crippen LogP contribution is -2.10. The molecule has 2 rings (SSSR count). The van der Waals surface area contributed by atoms with E-state index in [1.165, 1.54) is 11.3 Å². The minimum absolute atomic E-state index is 0.171. The van der Waals surface area contributed by atoms with E-state index < -0.39 is 5.97 Å². The number of ether oxygens (including phenoxy) is 1. The maximum atomic E-state index is 11.5. The Bertz CT molecular complexity index is 607. The number of benzene rings is 1. The number of carboxylic acids is 1. The van der Waals surface area contributed by atoms with E-state index in [9.17, 15) is 9.90 Å². The maximum absolute atomic E-state index is 11.5. The molecule has 0 bridgehead atoms. The Balaban J connectivity index is 2.49. The van der Waals surface area contributed by atoms with Gasteiger partial charge in [0.25, 0.3) is 0 Å². The molecule has 1 unspecified atom stereocenters. The molecule has 0 amide bonds. The maximum Gasteiger partial charge on any atom is 0.348 e. The highest BCUT2D eigenvalue weighted by Gasteiger charge is 2.25. The van der Waals surface area contributed by atoms with Crippen molar-refractivity contribution in [3.05, 3.63) is 40.2 Å². The first-order valence-electron chi connectivity index (χ1n) is 6.95. The van der Waals surface area contributed by atoms with E-state index in [0.717, 1.165) is 10.6 Å². The van der Waals surface area contributed by atoms with Crippen LogP contribution in [0, 0.1) is 5.92 Å². The number of rotatable bonds is 6. The molecule has 0 saturated heterocycles. The van der Waals surface area contributed by atoms with Crippen LogP contribution in [-0.4, -0.2) is 22.7 Å². The van der Waals surface area contributed by atoms with E-state index >= 15 is 0 Å². The molecule has 5 heteroatoms. The van der Waals surface area contributed by atoms with Gasteiger partial charge in [0, 0.05) is 12.2 Å². The molecule has 1 N–H and O–H groups in total. The first-order valence-corrected chi connectivity index (χ1v) is 7.77. The van der Waals surface area contributed by atoms with Crippen molar-refractivity contribution >= 4 is 17.3 Å². The Hall–Kier alpha value is -1.72. The fraction of sp³-hybridized carbons (Fsp3) is 0.375. The van der Waals surface area contributed by atoms with Gasteiger partial charge >= 0.3 is 5.97 Å². The average molecular weight is 305 g/mol. The van der Waals surface area contributed by atoms with Gasteiger partial charge in [-0.05, 0) is 12.8 Å². The van der Waals surface area contributed by atoms with Gasteiger partial charge in [0.2, 0.25) is 0 Å². The molecule has 0 fully saturated rings. The quantitative estimate of drug-likeness (QED) is 0.867. The van der Waals surface area contributed by atoms with Crippen LogP contribution in [0.2, 0.25) is 0 Å². The molecule has 21 heavy (non-hydrogen) atoms. The monoisotopic (exact) mass is 305 g/mol. The molecule has 112 valence electrons. The van der Waals surface area contributed by atoms with Crippen LogP contribution >= 0.6 is 11.3 Å². The predicted molar refractivity (Wildman–Crippen MR) is 83.7 cm³/mol. The number of hydrogen-bond donors (Lipinski definition) is 1. The summed E-state index contributed by atoms with van der Waals surface area (Å²) in [7, 11) is 0. The third kappa shape index (κ3) is 3.49. The fourth-order valence-corrected chi connectivity index (χ4v) is 3.27. The Kier molecular flexibility index (Phi) is 5.09. The summed E-state index contributed by atoms with van der Waals surface area (Å²) in [5.74, 6) is -0.710. The third-order valence-electron chi connectivity index (χ3n) is 3.08. The van der Waals surface area contributed by atoms with Crippen molar-refractivity contribution in [1.29, 1.82) is 0 Å². The lowest BCUT2D eigenvalue weighted by Gasteiger charge is -2.17. The number of carboxylic acid groups (broad SMARTS) is 1. The smallest absolute Gasteiger partial charge is 0.348 e. The largest absolute Gasteiger partial charge is 0.477 e. The SMILES string of the molecule is CCOC(c1nc(-c2ccccc2)c(C(=O)O)s1)C(C)C. The van der Waals surface area contributed by atoms with Crippen LogP contribution in [0.15, 0.2) is 30.3 Å². The standard InChI is InChI=1S/C16H19NO3S/c1-4-20-13(10(2)3)15-17-12(14(21-15)16(18)19)11-8-6-5-7-9-11/h5-10,13H,4H2,1-3H3,(H,18,19). The molecule has 0 aliphatic carbocycles. The van der Waals surface area contributed by atoms with E-state index in [4.69, 9.17) is 4.74 Å². The summed E-state index contributed by atoms with van der Waals surface area (Å²) in [6.07, 6.45) is -0.171. The van der Waals surface area contributed by atoms with Crippen LogP contribution in [0.1, 0.15) is 41.6 Å². The van der Waals surface area contributed by atoms with Crippen molar-refractivity contribution in [3.63, 3.8) is 0 Å². The zero-order valence-corrected chi connectivity index (χ0v) is 13.2. The van der Waals surface area contributed by atoms with Crippen LogP contribution in [0.25, 0.3) is 11.3 Å². The number of nitrogens with zero attached hydrogens (tertiary/aromatic N) is 1. The molecule has 4 nitrogen and oxygen atoms in total. The molecule has 0 saturated carbocycles. The normalized spacial score (nSPS) is 12.6. The van der Waals surface area contributed by atoms with Crippen molar-refractivity contribution in [2.45, 2.75) is 26.9 Å². The van der Waals surface area contributed by atoms with E-state index in [1.54, 1.807) is 0 Å². The van der Waals surface area contributed by atoms with Gasteiger partial charge in [-0.2, -0.15) is 0 Å². The summed E-state index contributed by atoms with van der Waals surface area (Å²) in [5, 5.41) is 10.1. The van der Waals surface area contributed by atoms with E-state index in [0.29, 0.717) is 12.3 Å². The Morgan fingerprint density at radius 2 is 2.00 bits per heavy atom. The number of thiazole rings is 1. The van der Waals surface area contributed by atoms with Crippen molar-refractivity contribution in [1.82, 2.24) is 4.98 Å². The van der Waals surface area contributed by atoms with Gasteiger partial charge in [-0.15, -0.1) is 11.3 Å². The predicted octanol–water partition coefficient (Wildman–Crippen LogP) is 4.24. The first kappa shape index (κ1) is 15.7. The van der Waals surface area contributed by atoms with E-state index in [2.05, 4.69) is 4.98 Å². The van der Waals surface area contributed by atoms with Crippen molar-refractivity contribution in [3.8, 4) is 11.3 Å². The summed E-state index contributed by atoms with van der Waals surface area (Å²) < 4.78 is 5.73. The van der Waals surface area contributed by atoms with E-state index in [1.807, 2.05) is 51.1 Å². The van der Waals surface area contributed by atoms with Gasteiger partial charge in [0.15, 0.2) is 0 Å². The van der Waals surface area contributed by atoms with Gasteiger partial charge in [-0.1, -0.05) is 44.2 Å². The molecule has 1 aromatic carbocycles. The van der Waals surface area contributed by atoms with Crippen molar-refractivity contribution in [2.75, 3.05) is 6.61 Å². The van der Waals surface area contributed by atoms with Crippen molar-refractivity contribution in [2.24, 2.45) is 5.92 Å². The molecule has 0 radical (unpaired) electrons. The minimum atomic E-state index is -0.948. The second kappa shape index (κ2) is 6.83. The molecular formula is C16H19NO3S. The van der Waals surface area contributed by atoms with Crippen LogP contribution in [0.3, 0.4) is 0 Å². The molecule has 1 heterocycles. The Labute approximate surface area is 128 Å². The van der Waals surface area contributed by atoms with Crippen molar-refractivity contribution < 1.29 is 14.6 Å². The van der Waals surface area contributed by atoms with Crippen LogP contribution < -0.4 is 0 Å². The minimum Gasteiger partial charge on any atom is -0.477 e. The zero-order valence-electron chi connectivity index (χ0n) is 12.4. The van der Waals surface area contributed by atoms with Crippen LogP contribution in [0.4, 0.5) is 0 Å². The Morgan fingerprint density at radius 3 is 2.52 bits per heavy atom. The van der Waals surface area contributed by atoms with Gasteiger partial charge in [-0.3, -0.25) is 0 Å². The van der Waals surface area contributed by atoms with Gasteiger partial charge < -0.3 is 9.84 Å². The third-order valence-corrected chi connectivity index (χ3v) is 4.19. The van der Waals surface area contributed by atoms with Crippen LogP contribution in [0.5, 0.6) is 0 Å². The highest BCUT2D eigenvalue weighted by atomic mass is 32.1. The second-order valence-electron chi connectivity index (χ2n) is 5.02. The zero-order chi connectivity index (χ0) is 15.4. The Morgan fingerprint density at radius 1 is 1.33 bits per heavy atom. The topological polar surface area (TPSA) is 59.4 Å². The highest BCUT2D eigenvalue weighted by Crippen LogP contribution is 2.35. The summed E-state index contributed by atoms with van der Waals surface area (Å²) in [6, 6.07) is 9.39. The number of carbonyl (C=O) groups is 1. The van der Waals surface area contributed by atoms with Gasteiger partial charge in [0.05, 0.1) is 5.69 Å². The van der Waals surface area contributed by atoms with E-state index in [-0.39, 0.29) is 16.9 Å². The molecule has 2 aromatic rings. The highest BCUT2D eigenvalue weighted by molar-refractivity contribution is 7.14.